The number of hydrogen-bond acceptors (Lipinski definition) is 3. The molecule has 0 amide bonds. The van der Waals surface area contributed by atoms with Crippen molar-refractivity contribution < 1.29 is 4.39 Å². The molecule has 0 saturated heterocycles. The third-order valence-corrected chi connectivity index (χ3v) is 2.17. The van der Waals surface area contributed by atoms with E-state index in [2.05, 4.69) is 9.36 Å². The Morgan fingerprint density at radius 2 is 1.92 bits per heavy atom. The van der Waals surface area contributed by atoms with Gasteiger partial charge in [0.05, 0.1) is 0 Å². The molecular weight excluding hydrogens is 175 g/mol. The Balaban J connectivity index is 2.43. The summed E-state index contributed by atoms with van der Waals surface area (Å²) in [6, 6.07) is 6.21. The largest absolute Gasteiger partial charge is 0.223 e. The third-order valence-electron chi connectivity index (χ3n) is 1.45. The van der Waals surface area contributed by atoms with Gasteiger partial charge in [0.15, 0.2) is 0 Å². The molecule has 1 aromatic heterocycles. The molecule has 1 heterocycles. The third kappa shape index (κ3) is 1.33. The molecule has 0 bridgehead atoms. The molecule has 0 aliphatic rings. The van der Waals surface area contributed by atoms with Crippen molar-refractivity contribution in [3.63, 3.8) is 0 Å². The van der Waals surface area contributed by atoms with Gasteiger partial charge in [0, 0.05) is 5.56 Å². The standard InChI is InChI=1S/C8H5FN2S/c9-7-3-1-6(2-4-7)8-10-5-11-12-8/h1-5H. The topological polar surface area (TPSA) is 25.8 Å². The van der Waals surface area contributed by atoms with Crippen LogP contribution in [0.25, 0.3) is 10.6 Å². The van der Waals surface area contributed by atoms with Gasteiger partial charge in [-0.25, -0.2) is 9.37 Å². The molecule has 60 valence electrons. The fraction of sp³-hybridized carbons (Fsp3) is 0. The second kappa shape index (κ2) is 2.98. The Hall–Kier alpha value is -1.29. The van der Waals surface area contributed by atoms with E-state index in [1.165, 1.54) is 30.0 Å². The molecule has 4 heteroatoms. The van der Waals surface area contributed by atoms with Crippen LogP contribution in [0.4, 0.5) is 4.39 Å². The zero-order chi connectivity index (χ0) is 8.39. The number of aromatic nitrogens is 2. The van der Waals surface area contributed by atoms with E-state index in [9.17, 15) is 4.39 Å². The van der Waals surface area contributed by atoms with E-state index in [1.54, 1.807) is 12.1 Å². The van der Waals surface area contributed by atoms with Crippen molar-refractivity contribution >= 4 is 11.5 Å². The number of rotatable bonds is 1. The van der Waals surface area contributed by atoms with Gasteiger partial charge in [-0.3, -0.25) is 0 Å². The highest BCUT2D eigenvalue weighted by molar-refractivity contribution is 7.09. The number of benzene rings is 1. The molecule has 0 fully saturated rings. The molecule has 0 aliphatic carbocycles. The maximum atomic E-state index is 12.5. The minimum absolute atomic E-state index is 0.233. The summed E-state index contributed by atoms with van der Waals surface area (Å²) in [4.78, 5) is 4.00. The summed E-state index contributed by atoms with van der Waals surface area (Å²) in [6.45, 7) is 0. The Labute approximate surface area is 72.9 Å². The van der Waals surface area contributed by atoms with Crippen LogP contribution in [0.5, 0.6) is 0 Å². The van der Waals surface area contributed by atoms with Crippen LogP contribution in [0.15, 0.2) is 30.6 Å². The zero-order valence-electron chi connectivity index (χ0n) is 6.07. The highest BCUT2D eigenvalue weighted by Gasteiger charge is 1.99. The molecule has 2 aromatic rings. The van der Waals surface area contributed by atoms with E-state index in [0.29, 0.717) is 0 Å². The smallest absolute Gasteiger partial charge is 0.143 e. The quantitative estimate of drug-likeness (QED) is 0.673. The Kier molecular flexibility index (Phi) is 1.83. The minimum atomic E-state index is -0.233. The van der Waals surface area contributed by atoms with Crippen LogP contribution in [0.3, 0.4) is 0 Å². The molecular formula is C8H5FN2S. The van der Waals surface area contributed by atoms with Crippen molar-refractivity contribution in [1.82, 2.24) is 9.36 Å². The predicted molar refractivity (Wildman–Crippen MR) is 45.3 cm³/mol. The summed E-state index contributed by atoms with van der Waals surface area (Å²) in [5.41, 5.74) is 0.902. The first-order valence-electron chi connectivity index (χ1n) is 3.39. The fourth-order valence-electron chi connectivity index (χ4n) is 0.893. The van der Waals surface area contributed by atoms with Gasteiger partial charge < -0.3 is 0 Å². The maximum absolute atomic E-state index is 12.5. The van der Waals surface area contributed by atoms with Crippen LogP contribution in [-0.2, 0) is 0 Å². The molecule has 0 unspecified atom stereocenters. The average Bonchev–Trinajstić information content (AvgIpc) is 2.58. The van der Waals surface area contributed by atoms with Crippen LogP contribution in [0.1, 0.15) is 0 Å². The molecule has 2 rings (SSSR count). The predicted octanol–water partition coefficient (Wildman–Crippen LogP) is 2.34. The number of hydrogen-bond donors (Lipinski definition) is 0. The summed E-state index contributed by atoms with van der Waals surface area (Å²) in [7, 11) is 0. The van der Waals surface area contributed by atoms with Crippen molar-refractivity contribution in [2.24, 2.45) is 0 Å². The highest BCUT2D eigenvalue weighted by atomic mass is 32.1. The van der Waals surface area contributed by atoms with Crippen LogP contribution < -0.4 is 0 Å². The first-order valence-corrected chi connectivity index (χ1v) is 4.16. The second-order valence-electron chi connectivity index (χ2n) is 2.25. The van der Waals surface area contributed by atoms with Crippen molar-refractivity contribution in [3.05, 3.63) is 36.4 Å². The van der Waals surface area contributed by atoms with E-state index in [1.807, 2.05) is 0 Å². The van der Waals surface area contributed by atoms with Gasteiger partial charge >= 0.3 is 0 Å². The zero-order valence-corrected chi connectivity index (χ0v) is 6.88. The van der Waals surface area contributed by atoms with Crippen molar-refractivity contribution in [1.29, 1.82) is 0 Å². The SMILES string of the molecule is Fc1ccc(-c2ncns2)cc1. The van der Waals surface area contributed by atoms with Crippen molar-refractivity contribution in [2.45, 2.75) is 0 Å². The highest BCUT2D eigenvalue weighted by Crippen LogP contribution is 2.19. The molecule has 12 heavy (non-hydrogen) atoms. The molecule has 0 aliphatic heterocycles. The summed E-state index contributed by atoms with van der Waals surface area (Å²) >= 11 is 1.30. The Morgan fingerprint density at radius 1 is 1.17 bits per heavy atom. The van der Waals surface area contributed by atoms with Crippen molar-refractivity contribution in [2.75, 3.05) is 0 Å². The van der Waals surface area contributed by atoms with E-state index >= 15 is 0 Å². The normalized spacial score (nSPS) is 10.1. The van der Waals surface area contributed by atoms with Gasteiger partial charge in [0.1, 0.15) is 17.2 Å². The van der Waals surface area contributed by atoms with Gasteiger partial charge in [-0.1, -0.05) is 0 Å². The molecule has 2 nitrogen and oxygen atoms in total. The monoisotopic (exact) mass is 180 g/mol. The van der Waals surface area contributed by atoms with Crippen LogP contribution in [0, 0.1) is 5.82 Å². The van der Waals surface area contributed by atoms with Crippen LogP contribution in [-0.4, -0.2) is 9.36 Å². The fourth-order valence-corrected chi connectivity index (χ4v) is 1.42. The molecule has 0 radical (unpaired) electrons. The molecule has 0 atom stereocenters. The summed E-state index contributed by atoms with van der Waals surface area (Å²) in [6.07, 6.45) is 1.49. The summed E-state index contributed by atoms with van der Waals surface area (Å²) in [5.74, 6) is -0.233. The van der Waals surface area contributed by atoms with Gasteiger partial charge in [0.2, 0.25) is 0 Å². The lowest BCUT2D eigenvalue weighted by Crippen LogP contribution is -1.76. The first-order chi connectivity index (χ1) is 5.86. The van der Waals surface area contributed by atoms with Crippen molar-refractivity contribution in [3.8, 4) is 10.6 Å². The minimum Gasteiger partial charge on any atom is -0.223 e. The maximum Gasteiger partial charge on any atom is 0.143 e. The second-order valence-corrected chi connectivity index (χ2v) is 3.03. The Bertz CT molecular complexity index is 355. The van der Waals surface area contributed by atoms with Gasteiger partial charge in [-0.2, -0.15) is 4.37 Å². The number of nitrogens with zero attached hydrogens (tertiary/aromatic N) is 2. The van der Waals surface area contributed by atoms with Gasteiger partial charge in [0.25, 0.3) is 0 Å². The lowest BCUT2D eigenvalue weighted by Gasteiger charge is -1.92. The molecule has 1 aromatic carbocycles. The summed E-state index contributed by atoms with van der Waals surface area (Å²) < 4.78 is 16.4. The molecule has 0 spiro atoms. The molecule has 0 N–H and O–H groups in total. The van der Waals surface area contributed by atoms with E-state index in [4.69, 9.17) is 0 Å². The van der Waals surface area contributed by atoms with E-state index in [-0.39, 0.29) is 5.82 Å². The lowest BCUT2D eigenvalue weighted by atomic mass is 10.2. The van der Waals surface area contributed by atoms with Crippen LogP contribution >= 0.6 is 11.5 Å². The summed E-state index contributed by atoms with van der Waals surface area (Å²) in [5, 5.41) is 0.815. The number of halogens is 1. The van der Waals surface area contributed by atoms with Gasteiger partial charge in [-0.15, -0.1) is 0 Å². The van der Waals surface area contributed by atoms with E-state index in [0.717, 1.165) is 10.6 Å². The molecule has 0 saturated carbocycles. The van der Waals surface area contributed by atoms with Crippen LogP contribution in [0.2, 0.25) is 0 Å². The lowest BCUT2D eigenvalue weighted by molar-refractivity contribution is 0.628. The first kappa shape index (κ1) is 7.36. The Morgan fingerprint density at radius 3 is 2.50 bits per heavy atom. The average molecular weight is 180 g/mol. The van der Waals surface area contributed by atoms with Gasteiger partial charge in [-0.05, 0) is 35.8 Å². The van der Waals surface area contributed by atoms with E-state index < -0.39 is 0 Å².